The van der Waals surface area contributed by atoms with Crippen LogP contribution in [0.5, 0.6) is 5.75 Å². The molecule has 1 aromatic carbocycles. The average Bonchev–Trinajstić information content (AvgIpc) is 2.05. The zero-order valence-corrected chi connectivity index (χ0v) is 6.99. The summed E-state index contributed by atoms with van der Waals surface area (Å²) >= 11 is 0. The lowest BCUT2D eigenvalue weighted by molar-refractivity contribution is 0.207. The highest BCUT2D eigenvalue weighted by Gasteiger charge is 2.22. The van der Waals surface area contributed by atoms with E-state index in [1.807, 2.05) is 0 Å². The molecular formula is C9H13NO2. The molecule has 0 unspecified atom stereocenters. The fraction of sp³-hybridized carbons (Fsp3) is 0.333. The molecule has 66 valence electrons. The second-order valence-corrected chi connectivity index (χ2v) is 3.09. The Kier molecular flexibility index (Phi) is 2.35. The first-order chi connectivity index (χ1) is 5.58. The minimum absolute atomic E-state index is 0.122. The monoisotopic (exact) mass is 167 g/mol. The fourth-order valence-corrected chi connectivity index (χ4v) is 1.04. The van der Waals surface area contributed by atoms with Crippen molar-refractivity contribution in [3.8, 4) is 5.75 Å². The van der Waals surface area contributed by atoms with Crippen molar-refractivity contribution >= 4 is 0 Å². The number of para-hydroxylation sites is 1. The van der Waals surface area contributed by atoms with Gasteiger partial charge in [0.15, 0.2) is 0 Å². The lowest BCUT2D eigenvalue weighted by Crippen LogP contribution is -2.36. The van der Waals surface area contributed by atoms with Crippen molar-refractivity contribution < 1.29 is 10.2 Å². The van der Waals surface area contributed by atoms with Gasteiger partial charge in [0.2, 0.25) is 0 Å². The first-order valence-electron chi connectivity index (χ1n) is 3.76. The van der Waals surface area contributed by atoms with E-state index >= 15 is 0 Å². The van der Waals surface area contributed by atoms with E-state index in [-0.39, 0.29) is 12.4 Å². The van der Waals surface area contributed by atoms with E-state index in [1.54, 1.807) is 31.2 Å². The van der Waals surface area contributed by atoms with E-state index in [0.29, 0.717) is 5.56 Å². The molecule has 0 aliphatic heterocycles. The van der Waals surface area contributed by atoms with Crippen molar-refractivity contribution in [3.63, 3.8) is 0 Å². The minimum atomic E-state index is -0.870. The zero-order valence-electron chi connectivity index (χ0n) is 6.99. The predicted octanol–water partition coefficient (Wildman–Crippen LogP) is 0.558. The van der Waals surface area contributed by atoms with E-state index in [0.717, 1.165) is 0 Å². The summed E-state index contributed by atoms with van der Waals surface area (Å²) in [5.74, 6) is 0.122. The highest BCUT2D eigenvalue weighted by Crippen LogP contribution is 2.25. The second-order valence-electron chi connectivity index (χ2n) is 3.09. The van der Waals surface area contributed by atoms with Crippen LogP contribution in [-0.4, -0.2) is 16.8 Å². The Hall–Kier alpha value is -1.06. The summed E-state index contributed by atoms with van der Waals surface area (Å²) < 4.78 is 0. The molecule has 0 aromatic heterocycles. The van der Waals surface area contributed by atoms with Crippen molar-refractivity contribution in [1.82, 2.24) is 0 Å². The summed E-state index contributed by atoms with van der Waals surface area (Å²) in [6.07, 6.45) is 0. The molecule has 0 fully saturated rings. The van der Waals surface area contributed by atoms with E-state index in [4.69, 9.17) is 10.8 Å². The van der Waals surface area contributed by atoms with Gasteiger partial charge in [-0.05, 0) is 13.0 Å². The number of aliphatic hydroxyl groups excluding tert-OH is 1. The van der Waals surface area contributed by atoms with E-state index < -0.39 is 5.54 Å². The number of rotatable bonds is 2. The number of nitrogens with two attached hydrogens (primary N) is 1. The Labute approximate surface area is 71.5 Å². The predicted molar refractivity (Wildman–Crippen MR) is 46.7 cm³/mol. The topological polar surface area (TPSA) is 66.5 Å². The molecule has 0 aliphatic carbocycles. The van der Waals surface area contributed by atoms with Crippen LogP contribution < -0.4 is 5.73 Å². The molecular weight excluding hydrogens is 154 g/mol. The zero-order chi connectivity index (χ0) is 9.19. The van der Waals surface area contributed by atoms with Crippen LogP contribution >= 0.6 is 0 Å². The van der Waals surface area contributed by atoms with Crippen LogP contribution in [0.25, 0.3) is 0 Å². The SMILES string of the molecule is C[C@](N)(CO)c1ccccc1O. The Bertz CT molecular complexity index is 271. The van der Waals surface area contributed by atoms with Crippen LogP contribution in [0.4, 0.5) is 0 Å². The first kappa shape index (κ1) is 9.03. The van der Waals surface area contributed by atoms with Gasteiger partial charge in [-0.15, -0.1) is 0 Å². The number of hydrogen-bond acceptors (Lipinski definition) is 3. The normalized spacial score (nSPS) is 15.6. The highest BCUT2D eigenvalue weighted by molar-refractivity contribution is 5.37. The third kappa shape index (κ3) is 1.57. The maximum atomic E-state index is 9.39. The Balaban J connectivity index is 3.10. The van der Waals surface area contributed by atoms with Crippen molar-refractivity contribution in [2.45, 2.75) is 12.5 Å². The third-order valence-electron chi connectivity index (χ3n) is 1.85. The van der Waals surface area contributed by atoms with Gasteiger partial charge in [0.05, 0.1) is 12.1 Å². The number of aliphatic hydroxyl groups is 1. The van der Waals surface area contributed by atoms with E-state index in [9.17, 15) is 5.11 Å². The van der Waals surface area contributed by atoms with Crippen LogP contribution in [0.2, 0.25) is 0 Å². The molecule has 0 bridgehead atoms. The second kappa shape index (κ2) is 3.13. The summed E-state index contributed by atoms with van der Waals surface area (Å²) in [6.45, 7) is 1.48. The standard InChI is InChI=1S/C9H13NO2/c1-9(10,6-11)7-4-2-3-5-8(7)12/h2-5,11-12H,6,10H2,1H3/t9-/m0/s1. The summed E-state index contributed by atoms with van der Waals surface area (Å²) in [5.41, 5.74) is 5.42. The maximum Gasteiger partial charge on any atom is 0.120 e. The fourth-order valence-electron chi connectivity index (χ4n) is 1.04. The van der Waals surface area contributed by atoms with Crippen LogP contribution in [0, 0.1) is 0 Å². The quantitative estimate of drug-likeness (QED) is 0.603. The number of aromatic hydroxyl groups is 1. The highest BCUT2D eigenvalue weighted by atomic mass is 16.3. The van der Waals surface area contributed by atoms with Gasteiger partial charge in [0.1, 0.15) is 5.75 Å². The van der Waals surface area contributed by atoms with Gasteiger partial charge < -0.3 is 15.9 Å². The van der Waals surface area contributed by atoms with E-state index in [1.165, 1.54) is 0 Å². The van der Waals surface area contributed by atoms with Gasteiger partial charge in [0, 0.05) is 5.56 Å². The Morgan fingerprint density at radius 1 is 1.42 bits per heavy atom. The van der Waals surface area contributed by atoms with Crippen molar-refractivity contribution in [2.24, 2.45) is 5.73 Å². The minimum Gasteiger partial charge on any atom is -0.508 e. The van der Waals surface area contributed by atoms with Gasteiger partial charge in [-0.2, -0.15) is 0 Å². The summed E-state index contributed by atoms with van der Waals surface area (Å²) in [6, 6.07) is 6.74. The molecule has 0 saturated heterocycles. The average molecular weight is 167 g/mol. The van der Waals surface area contributed by atoms with Crippen LogP contribution in [0.15, 0.2) is 24.3 Å². The molecule has 1 rings (SSSR count). The van der Waals surface area contributed by atoms with Crippen LogP contribution in [0.3, 0.4) is 0 Å². The molecule has 4 N–H and O–H groups in total. The third-order valence-corrected chi connectivity index (χ3v) is 1.85. The Morgan fingerprint density at radius 2 is 2.00 bits per heavy atom. The number of phenols is 1. The van der Waals surface area contributed by atoms with Crippen molar-refractivity contribution in [3.05, 3.63) is 29.8 Å². The van der Waals surface area contributed by atoms with E-state index in [2.05, 4.69) is 0 Å². The van der Waals surface area contributed by atoms with Crippen LogP contribution in [-0.2, 0) is 5.54 Å². The number of benzene rings is 1. The van der Waals surface area contributed by atoms with Crippen molar-refractivity contribution in [2.75, 3.05) is 6.61 Å². The van der Waals surface area contributed by atoms with Gasteiger partial charge in [0.25, 0.3) is 0 Å². The maximum absolute atomic E-state index is 9.39. The summed E-state index contributed by atoms with van der Waals surface area (Å²) in [7, 11) is 0. The molecule has 1 aromatic rings. The number of hydrogen-bond donors (Lipinski definition) is 3. The summed E-state index contributed by atoms with van der Waals surface area (Å²) in [4.78, 5) is 0. The molecule has 3 nitrogen and oxygen atoms in total. The Morgan fingerprint density at radius 3 is 2.50 bits per heavy atom. The van der Waals surface area contributed by atoms with Gasteiger partial charge in [-0.1, -0.05) is 18.2 Å². The number of phenolic OH excluding ortho intramolecular Hbond substituents is 1. The molecule has 0 spiro atoms. The molecule has 0 aliphatic rings. The van der Waals surface area contributed by atoms with Gasteiger partial charge in [-0.3, -0.25) is 0 Å². The summed E-state index contributed by atoms with van der Waals surface area (Å²) in [5, 5.41) is 18.3. The molecule has 0 heterocycles. The van der Waals surface area contributed by atoms with Crippen molar-refractivity contribution in [1.29, 1.82) is 0 Å². The molecule has 0 radical (unpaired) electrons. The molecule has 0 saturated carbocycles. The van der Waals surface area contributed by atoms with Gasteiger partial charge in [-0.25, -0.2) is 0 Å². The molecule has 3 heteroatoms. The lowest BCUT2D eigenvalue weighted by atomic mass is 9.93. The first-order valence-corrected chi connectivity index (χ1v) is 3.76. The smallest absolute Gasteiger partial charge is 0.120 e. The van der Waals surface area contributed by atoms with Crippen LogP contribution in [0.1, 0.15) is 12.5 Å². The molecule has 12 heavy (non-hydrogen) atoms. The molecule has 0 amide bonds. The lowest BCUT2D eigenvalue weighted by Gasteiger charge is -2.22. The van der Waals surface area contributed by atoms with Gasteiger partial charge >= 0.3 is 0 Å². The largest absolute Gasteiger partial charge is 0.508 e. The molecule has 1 atom stereocenters.